The zero-order valence-corrected chi connectivity index (χ0v) is 42.8. The van der Waals surface area contributed by atoms with Gasteiger partial charge in [0.2, 0.25) is 0 Å². The first kappa shape index (κ1) is 51.0. The predicted molar refractivity (Wildman–Crippen MR) is 280 cm³/mol. The molecule has 0 radical (unpaired) electrons. The van der Waals surface area contributed by atoms with Crippen LogP contribution in [0, 0.1) is 33.1 Å². The third-order valence-electron chi connectivity index (χ3n) is 16.1. The van der Waals surface area contributed by atoms with Crippen molar-refractivity contribution < 1.29 is 36.8 Å². The molecule has 2 aliphatic carbocycles. The Kier molecular flexibility index (Phi) is 14.3. The molecule has 1 atom stereocenters. The molecule has 2 aromatic heterocycles. The van der Waals surface area contributed by atoms with E-state index in [2.05, 4.69) is 72.8 Å². The van der Waals surface area contributed by atoms with Gasteiger partial charge in [0, 0.05) is 87.3 Å². The highest BCUT2D eigenvalue weighted by molar-refractivity contribution is 7.90. The van der Waals surface area contributed by atoms with Gasteiger partial charge < -0.3 is 25.0 Å². The summed E-state index contributed by atoms with van der Waals surface area (Å²) in [6.45, 7) is 11.2. The Labute approximate surface area is 430 Å². The van der Waals surface area contributed by atoms with Crippen molar-refractivity contribution >= 4 is 44.0 Å². The van der Waals surface area contributed by atoms with Gasteiger partial charge in [-0.1, -0.05) is 44.2 Å². The van der Waals surface area contributed by atoms with E-state index in [1.54, 1.807) is 43.5 Å². The largest absolute Gasteiger partial charge is 0.455 e. The van der Waals surface area contributed by atoms with E-state index in [9.17, 15) is 37.2 Å². The van der Waals surface area contributed by atoms with Crippen molar-refractivity contribution in [2.45, 2.75) is 107 Å². The summed E-state index contributed by atoms with van der Waals surface area (Å²) in [5.41, 5.74) is 3.94. The Morgan fingerprint density at radius 2 is 1.72 bits per heavy atom. The maximum absolute atomic E-state index is 14.2. The molecule has 1 amide bonds. The molecule has 4 fully saturated rings. The number of aromatic amines is 1. The smallest absolute Gasteiger partial charge is 0.293 e. The zero-order chi connectivity index (χ0) is 51.9. The summed E-state index contributed by atoms with van der Waals surface area (Å²) in [6, 6.07) is 25.6. The molecule has 4 N–H and O–H groups in total. The Hall–Kier alpha value is -6.47. The van der Waals surface area contributed by atoms with Gasteiger partial charge in [-0.3, -0.25) is 24.7 Å². The van der Waals surface area contributed by atoms with E-state index >= 15 is 0 Å². The SMILES string of the molecule is CC(C)c1ccccc1[C@@H]1CN(Cc2ccc(F)c(F)c2)CCN1C1CC2(CCN(c3ccc(C(=O)NS(=O)(=O)c4ccc(NC[C@H]5CC[C@](C)(O)CC5)c([N+](=O)[O-])c4)c(Oc4cnc5[nH]ccc5c4)c3)CC2)C1. The number of carbonyl (C=O) groups excluding carboxylic acids is 1. The summed E-state index contributed by atoms with van der Waals surface area (Å²) >= 11 is 0. The molecule has 2 aliphatic heterocycles. The van der Waals surface area contributed by atoms with Crippen molar-refractivity contribution in [1.29, 1.82) is 0 Å². The molecule has 2 saturated heterocycles. The number of pyridine rings is 1. The van der Waals surface area contributed by atoms with Crippen molar-refractivity contribution in [3.63, 3.8) is 0 Å². The third kappa shape index (κ3) is 11.0. The van der Waals surface area contributed by atoms with Crippen LogP contribution in [0.4, 0.5) is 25.8 Å². The average molecular weight is 1030 g/mol. The number of nitro groups is 1. The molecule has 2 saturated carbocycles. The fourth-order valence-corrected chi connectivity index (χ4v) is 12.8. The van der Waals surface area contributed by atoms with Gasteiger partial charge >= 0.3 is 0 Å². The number of piperidine rings is 1. The summed E-state index contributed by atoms with van der Waals surface area (Å²) in [7, 11) is -4.61. The first-order valence-electron chi connectivity index (χ1n) is 25.7. The van der Waals surface area contributed by atoms with E-state index in [-0.39, 0.29) is 34.4 Å². The number of ether oxygens (including phenoxy) is 1. The van der Waals surface area contributed by atoms with E-state index in [0.717, 1.165) is 94.0 Å². The van der Waals surface area contributed by atoms with Gasteiger partial charge in [-0.15, -0.1) is 0 Å². The summed E-state index contributed by atoms with van der Waals surface area (Å²) in [5, 5.41) is 26.4. The number of hydrogen-bond acceptors (Lipinski definition) is 12. The van der Waals surface area contributed by atoms with Crippen LogP contribution < -0.4 is 19.7 Å². The van der Waals surface area contributed by atoms with Gasteiger partial charge in [-0.05, 0) is 141 Å². The molecule has 4 aliphatic rings. The molecular formula is C56H64F2N8O7S. The number of aliphatic hydroxyl groups is 1. The molecule has 1 spiro atoms. The standard InChI is InChI=1S/C56H64F2N8O7S/c1-36(2)44-6-4-5-7-45(44)51-35-63(34-38-8-12-47(57)48(58)26-38)24-25-65(51)41-30-56(31-41)19-22-64(23-20-56)40-9-11-46(52(28-40)73-42-27-39-16-21-59-53(39)61-33-42)54(67)62-74(71,72)43-10-13-49(50(29-43)66(69)70)60-32-37-14-17-55(3,68)18-15-37/h4-13,16,21,26-29,33,36-37,41,51,60,68H,14-15,17-20,22-25,30-32,34-35H2,1-3H3,(H,59,61)(H,62,67)/t37-,51-,55-/m0/s1. The van der Waals surface area contributed by atoms with E-state index < -0.39 is 48.7 Å². The lowest BCUT2D eigenvalue weighted by Gasteiger charge is -2.58. The first-order chi connectivity index (χ1) is 35.4. The molecule has 15 nitrogen and oxygen atoms in total. The maximum atomic E-state index is 14.2. The van der Waals surface area contributed by atoms with Crippen LogP contribution in [-0.4, -0.2) is 95.0 Å². The Balaban J connectivity index is 0.832. The van der Waals surface area contributed by atoms with Crippen molar-refractivity contribution in [2.24, 2.45) is 11.3 Å². The van der Waals surface area contributed by atoms with Crippen LogP contribution in [0.3, 0.4) is 0 Å². The molecule has 0 unspecified atom stereocenters. The Morgan fingerprint density at radius 3 is 2.46 bits per heavy atom. The minimum atomic E-state index is -4.61. The molecule has 6 aromatic rings. The fourth-order valence-electron chi connectivity index (χ4n) is 11.8. The van der Waals surface area contributed by atoms with E-state index in [1.165, 1.54) is 41.6 Å². The average Bonchev–Trinajstić information content (AvgIpc) is 3.84. The molecular weight excluding hydrogens is 967 g/mol. The number of rotatable bonds is 15. The van der Waals surface area contributed by atoms with Crippen LogP contribution in [0.15, 0.2) is 108 Å². The molecule has 4 aromatic carbocycles. The number of amides is 1. The highest BCUT2D eigenvalue weighted by Crippen LogP contribution is 2.53. The molecule has 0 bridgehead atoms. The van der Waals surface area contributed by atoms with Crippen molar-refractivity contribution in [2.75, 3.05) is 49.5 Å². The number of nitrogens with zero attached hydrogens (tertiary/aromatic N) is 5. The number of nitrogens with one attached hydrogen (secondary N) is 3. The van der Waals surface area contributed by atoms with Gasteiger partial charge in [0.15, 0.2) is 11.6 Å². The third-order valence-corrected chi connectivity index (χ3v) is 17.5. The first-order valence-corrected chi connectivity index (χ1v) is 27.2. The summed E-state index contributed by atoms with van der Waals surface area (Å²) in [6.07, 6.45) is 10.1. The highest BCUT2D eigenvalue weighted by atomic mass is 32.2. The van der Waals surface area contributed by atoms with Crippen LogP contribution in [0.25, 0.3) is 11.0 Å². The van der Waals surface area contributed by atoms with Crippen LogP contribution in [0.1, 0.15) is 111 Å². The van der Waals surface area contributed by atoms with E-state index in [0.29, 0.717) is 49.3 Å². The predicted octanol–water partition coefficient (Wildman–Crippen LogP) is 10.4. The number of fused-ring (bicyclic) bond motifs is 1. The van der Waals surface area contributed by atoms with Gasteiger partial charge in [0.1, 0.15) is 22.8 Å². The van der Waals surface area contributed by atoms with Gasteiger partial charge in [-0.25, -0.2) is 26.9 Å². The van der Waals surface area contributed by atoms with E-state index in [1.807, 2.05) is 6.07 Å². The number of halogens is 2. The normalized spacial score (nSPS) is 21.7. The van der Waals surface area contributed by atoms with Crippen LogP contribution in [-0.2, 0) is 16.6 Å². The number of nitro benzene ring substituents is 1. The highest BCUT2D eigenvalue weighted by Gasteiger charge is 2.50. The van der Waals surface area contributed by atoms with Crippen molar-refractivity contribution in [3.8, 4) is 11.5 Å². The second-order valence-electron chi connectivity index (χ2n) is 21.6. The number of benzene rings is 4. The van der Waals surface area contributed by atoms with Gasteiger partial charge in [0.25, 0.3) is 21.6 Å². The van der Waals surface area contributed by atoms with Gasteiger partial charge in [0.05, 0.1) is 27.2 Å². The second-order valence-corrected chi connectivity index (χ2v) is 23.3. The number of hydrogen-bond donors (Lipinski definition) is 4. The number of sulfonamides is 1. The number of aromatic nitrogens is 2. The summed E-state index contributed by atoms with van der Waals surface area (Å²) < 4.78 is 64.2. The monoisotopic (exact) mass is 1030 g/mol. The van der Waals surface area contributed by atoms with E-state index in [4.69, 9.17) is 4.74 Å². The molecule has 18 heteroatoms. The lowest BCUT2D eigenvalue weighted by atomic mass is 9.59. The quantitative estimate of drug-likeness (QED) is 0.0564. The Bertz CT molecular complexity index is 3160. The minimum Gasteiger partial charge on any atom is -0.455 e. The molecule has 390 valence electrons. The Morgan fingerprint density at radius 1 is 0.946 bits per heavy atom. The fraction of sp³-hybridized carbons (Fsp3) is 0.429. The van der Waals surface area contributed by atoms with Gasteiger partial charge in [-0.2, -0.15) is 0 Å². The topological polar surface area (TPSA) is 186 Å². The number of piperazine rings is 1. The minimum absolute atomic E-state index is 0.0560. The molecule has 4 heterocycles. The number of carbonyl (C=O) groups is 1. The maximum Gasteiger partial charge on any atom is 0.293 e. The molecule has 10 rings (SSSR count). The lowest BCUT2D eigenvalue weighted by molar-refractivity contribution is -0.384. The summed E-state index contributed by atoms with van der Waals surface area (Å²) in [4.78, 5) is 40.0. The zero-order valence-electron chi connectivity index (χ0n) is 42.0. The van der Waals surface area contributed by atoms with Crippen molar-refractivity contribution in [3.05, 3.63) is 147 Å². The number of anilines is 2. The summed E-state index contributed by atoms with van der Waals surface area (Å²) in [5.74, 6) is -1.67. The molecule has 74 heavy (non-hydrogen) atoms. The lowest BCUT2D eigenvalue weighted by Crippen LogP contribution is -2.60. The van der Waals surface area contributed by atoms with Crippen LogP contribution >= 0.6 is 0 Å². The number of H-pyrrole nitrogens is 1. The van der Waals surface area contributed by atoms with Crippen LogP contribution in [0.5, 0.6) is 11.5 Å². The van der Waals surface area contributed by atoms with Crippen molar-refractivity contribution in [1.82, 2.24) is 24.5 Å². The second kappa shape index (κ2) is 20.7. The van der Waals surface area contributed by atoms with Crippen LogP contribution in [0.2, 0.25) is 0 Å².